The highest BCUT2D eigenvalue weighted by molar-refractivity contribution is 6.35. The van der Waals surface area contributed by atoms with Crippen LogP contribution in [0.3, 0.4) is 0 Å². The molecule has 1 aliphatic rings. The lowest BCUT2D eigenvalue weighted by Gasteiger charge is -2.08. The van der Waals surface area contributed by atoms with Crippen LogP contribution in [0.25, 0.3) is 11.4 Å². The average Bonchev–Trinajstić information content (AvgIpc) is 3.34. The molecule has 132 valence electrons. The minimum absolute atomic E-state index is 0.153. The van der Waals surface area contributed by atoms with Crippen molar-refractivity contribution in [1.82, 2.24) is 15.2 Å². The predicted molar refractivity (Wildman–Crippen MR) is 103 cm³/mol. The quantitative estimate of drug-likeness (QED) is 0.658. The van der Waals surface area contributed by atoms with Crippen molar-refractivity contribution in [3.8, 4) is 11.4 Å². The number of halogens is 2. The zero-order chi connectivity index (χ0) is 18.1. The number of nitrogens with one attached hydrogen (secondary N) is 2. The highest BCUT2D eigenvalue weighted by Gasteiger charge is 2.27. The number of nitrogens with zero attached hydrogens (tertiary/aromatic N) is 2. The van der Waals surface area contributed by atoms with Gasteiger partial charge in [-0.1, -0.05) is 41.4 Å². The molecule has 26 heavy (non-hydrogen) atoms. The Labute approximate surface area is 160 Å². The molecule has 1 fully saturated rings. The Balaban J connectivity index is 1.46. The minimum atomic E-state index is -0.153. The number of anilines is 1. The monoisotopic (exact) mass is 386 g/mol. The first-order chi connectivity index (χ1) is 12.6. The van der Waals surface area contributed by atoms with Crippen molar-refractivity contribution in [2.45, 2.75) is 25.2 Å². The Kier molecular flexibility index (Phi) is 4.66. The zero-order valence-corrected chi connectivity index (χ0v) is 15.3. The Morgan fingerprint density at radius 1 is 1.19 bits per heavy atom. The number of amides is 1. The first-order valence-electron chi connectivity index (χ1n) is 8.35. The van der Waals surface area contributed by atoms with Gasteiger partial charge in [0.2, 0.25) is 5.91 Å². The number of rotatable bonds is 5. The number of hydrogen-bond acceptors (Lipinski definition) is 3. The molecular formula is C19H16Cl2N4O. The number of aromatic amines is 1. The summed E-state index contributed by atoms with van der Waals surface area (Å²) in [5.74, 6) is 1.94. The molecule has 1 aliphatic carbocycles. The van der Waals surface area contributed by atoms with E-state index in [0.717, 1.165) is 29.8 Å². The first-order valence-corrected chi connectivity index (χ1v) is 9.10. The van der Waals surface area contributed by atoms with Gasteiger partial charge in [0, 0.05) is 27.2 Å². The summed E-state index contributed by atoms with van der Waals surface area (Å²) in [6.07, 6.45) is 2.50. The van der Waals surface area contributed by atoms with Crippen LogP contribution in [0.1, 0.15) is 30.1 Å². The van der Waals surface area contributed by atoms with Crippen molar-refractivity contribution in [3.05, 3.63) is 63.9 Å². The molecule has 0 saturated heterocycles. The lowest BCUT2D eigenvalue weighted by molar-refractivity contribution is -0.115. The van der Waals surface area contributed by atoms with E-state index < -0.39 is 0 Å². The van der Waals surface area contributed by atoms with Crippen LogP contribution in [-0.2, 0) is 11.2 Å². The molecule has 0 radical (unpaired) electrons. The number of aromatic nitrogens is 3. The molecule has 2 aromatic carbocycles. The van der Waals surface area contributed by atoms with Crippen LogP contribution < -0.4 is 5.32 Å². The molecule has 3 aromatic rings. The van der Waals surface area contributed by atoms with Gasteiger partial charge in [-0.05, 0) is 42.7 Å². The standard InChI is InChI=1S/C19H16Cl2N4O/c20-14-7-6-12(16(21)10-14)9-17(26)22-15-3-1-2-13(8-15)19-23-18(24-25-19)11-4-5-11/h1-3,6-8,10-11H,4-5,9H2,(H,22,26)(H,23,24,25). The van der Waals surface area contributed by atoms with Crippen LogP contribution in [0, 0.1) is 0 Å². The number of hydrogen-bond donors (Lipinski definition) is 2. The normalized spacial score (nSPS) is 13.6. The van der Waals surface area contributed by atoms with Crippen LogP contribution in [-0.4, -0.2) is 21.1 Å². The molecule has 0 unspecified atom stereocenters. The summed E-state index contributed by atoms with van der Waals surface area (Å²) in [4.78, 5) is 16.9. The number of benzene rings is 2. The molecule has 4 rings (SSSR count). The van der Waals surface area contributed by atoms with Crippen LogP contribution >= 0.6 is 23.2 Å². The van der Waals surface area contributed by atoms with Crippen molar-refractivity contribution in [3.63, 3.8) is 0 Å². The summed E-state index contributed by atoms with van der Waals surface area (Å²) in [5.41, 5.74) is 2.28. The van der Waals surface area contributed by atoms with Crippen molar-refractivity contribution in [1.29, 1.82) is 0 Å². The summed E-state index contributed by atoms with van der Waals surface area (Å²) >= 11 is 12.0. The van der Waals surface area contributed by atoms with Gasteiger partial charge in [0.1, 0.15) is 5.82 Å². The highest BCUT2D eigenvalue weighted by atomic mass is 35.5. The maximum atomic E-state index is 12.3. The van der Waals surface area contributed by atoms with Crippen LogP contribution in [0.2, 0.25) is 10.0 Å². The van der Waals surface area contributed by atoms with E-state index in [9.17, 15) is 4.79 Å². The van der Waals surface area contributed by atoms with Crippen LogP contribution in [0.5, 0.6) is 0 Å². The molecule has 1 saturated carbocycles. The van der Waals surface area contributed by atoms with Crippen LogP contribution in [0.4, 0.5) is 5.69 Å². The fraction of sp³-hybridized carbons (Fsp3) is 0.211. The van der Waals surface area contributed by atoms with Gasteiger partial charge in [0.15, 0.2) is 5.82 Å². The zero-order valence-electron chi connectivity index (χ0n) is 13.8. The Bertz CT molecular complexity index is 966. The van der Waals surface area contributed by atoms with E-state index in [1.165, 1.54) is 0 Å². The Morgan fingerprint density at radius 2 is 2.04 bits per heavy atom. The smallest absolute Gasteiger partial charge is 0.228 e. The first kappa shape index (κ1) is 17.1. The Hall–Kier alpha value is -2.37. The molecule has 5 nitrogen and oxygen atoms in total. The summed E-state index contributed by atoms with van der Waals surface area (Å²) < 4.78 is 0. The number of carbonyl (C=O) groups is 1. The lowest BCUT2D eigenvalue weighted by atomic mass is 10.1. The second-order valence-electron chi connectivity index (χ2n) is 6.36. The molecule has 1 aromatic heterocycles. The van der Waals surface area contributed by atoms with E-state index >= 15 is 0 Å². The van der Waals surface area contributed by atoms with E-state index in [-0.39, 0.29) is 12.3 Å². The van der Waals surface area contributed by atoms with Gasteiger partial charge in [0.05, 0.1) is 6.42 Å². The molecule has 0 spiro atoms. The van der Waals surface area contributed by atoms with Gasteiger partial charge in [-0.15, -0.1) is 0 Å². The molecule has 1 heterocycles. The van der Waals surface area contributed by atoms with Crippen molar-refractivity contribution >= 4 is 34.8 Å². The molecule has 2 N–H and O–H groups in total. The van der Waals surface area contributed by atoms with Gasteiger partial charge in [-0.25, -0.2) is 4.98 Å². The predicted octanol–water partition coefficient (Wildman–Crippen LogP) is 4.84. The molecule has 7 heteroatoms. The van der Waals surface area contributed by atoms with Gasteiger partial charge in [-0.3, -0.25) is 9.89 Å². The topological polar surface area (TPSA) is 70.7 Å². The number of carbonyl (C=O) groups excluding carboxylic acids is 1. The third-order valence-electron chi connectivity index (χ3n) is 4.24. The SMILES string of the molecule is O=C(Cc1ccc(Cl)cc1Cl)Nc1cccc(-c2n[nH]c(C3CC3)n2)c1. The van der Waals surface area contributed by atoms with E-state index in [0.29, 0.717) is 27.5 Å². The summed E-state index contributed by atoms with van der Waals surface area (Å²) in [5, 5.41) is 11.2. The van der Waals surface area contributed by atoms with E-state index in [1.807, 2.05) is 24.3 Å². The van der Waals surface area contributed by atoms with Crippen LogP contribution in [0.15, 0.2) is 42.5 Å². The fourth-order valence-corrected chi connectivity index (χ4v) is 3.20. The maximum Gasteiger partial charge on any atom is 0.228 e. The molecule has 0 atom stereocenters. The summed E-state index contributed by atoms with van der Waals surface area (Å²) in [6, 6.07) is 12.6. The van der Waals surface area contributed by atoms with Crippen molar-refractivity contribution in [2.75, 3.05) is 5.32 Å². The molecule has 1 amide bonds. The van der Waals surface area contributed by atoms with Crippen molar-refractivity contribution in [2.24, 2.45) is 0 Å². The third kappa shape index (κ3) is 3.89. The molecule has 0 bridgehead atoms. The van der Waals surface area contributed by atoms with E-state index in [4.69, 9.17) is 23.2 Å². The summed E-state index contributed by atoms with van der Waals surface area (Å²) in [7, 11) is 0. The van der Waals surface area contributed by atoms with Gasteiger partial charge < -0.3 is 5.32 Å². The minimum Gasteiger partial charge on any atom is -0.326 e. The van der Waals surface area contributed by atoms with Gasteiger partial charge in [0.25, 0.3) is 0 Å². The van der Waals surface area contributed by atoms with E-state index in [1.54, 1.807) is 18.2 Å². The van der Waals surface area contributed by atoms with E-state index in [2.05, 4.69) is 20.5 Å². The summed E-state index contributed by atoms with van der Waals surface area (Å²) in [6.45, 7) is 0. The van der Waals surface area contributed by atoms with Crippen molar-refractivity contribution < 1.29 is 4.79 Å². The number of H-pyrrole nitrogens is 1. The largest absolute Gasteiger partial charge is 0.326 e. The van der Waals surface area contributed by atoms with Gasteiger partial charge >= 0.3 is 0 Å². The lowest BCUT2D eigenvalue weighted by Crippen LogP contribution is -2.14. The fourth-order valence-electron chi connectivity index (χ4n) is 2.72. The highest BCUT2D eigenvalue weighted by Crippen LogP contribution is 2.38. The Morgan fingerprint density at radius 3 is 2.81 bits per heavy atom. The van der Waals surface area contributed by atoms with Gasteiger partial charge in [-0.2, -0.15) is 5.10 Å². The second-order valence-corrected chi connectivity index (χ2v) is 7.20. The molecular weight excluding hydrogens is 371 g/mol. The molecule has 0 aliphatic heterocycles. The second kappa shape index (κ2) is 7.09. The maximum absolute atomic E-state index is 12.3. The average molecular weight is 387 g/mol. The third-order valence-corrected chi connectivity index (χ3v) is 4.82.